The first-order chi connectivity index (χ1) is 14.4. The molecule has 32 heavy (non-hydrogen) atoms. The zero-order valence-corrected chi connectivity index (χ0v) is 17.8. The molecule has 0 saturated heterocycles. The van der Waals surface area contributed by atoms with Crippen LogP contribution in [0.3, 0.4) is 0 Å². The number of carbonyl (C=O) groups excluding carboxylic acids is 1. The fourth-order valence-electron chi connectivity index (χ4n) is 7.81. The van der Waals surface area contributed by atoms with Crippen LogP contribution in [-0.4, -0.2) is 34.8 Å². The standard InChI is InChI=1S/C22H26F8O2/c1-17-8-7-15(31)16(20(23,24)25)14(17)4-3-11-12(17)5-9-18(2)13(11)6-10-19(18,32)21(26,27)22(28,29)30/h11-13,32H,3-10H2,1-2H3/t11-,12+,13+,17-,18+,19+/m1/s1. The van der Waals surface area contributed by atoms with Crippen LogP contribution in [0.25, 0.3) is 0 Å². The largest absolute Gasteiger partial charge is 0.456 e. The van der Waals surface area contributed by atoms with Gasteiger partial charge in [0.2, 0.25) is 0 Å². The Bertz CT molecular complexity index is 859. The number of fused-ring (bicyclic) bond motifs is 5. The van der Waals surface area contributed by atoms with Crippen LogP contribution >= 0.6 is 0 Å². The second kappa shape index (κ2) is 6.69. The van der Waals surface area contributed by atoms with Gasteiger partial charge in [-0.25, -0.2) is 0 Å². The van der Waals surface area contributed by atoms with E-state index in [1.54, 1.807) is 6.92 Å². The van der Waals surface area contributed by atoms with Gasteiger partial charge in [0.15, 0.2) is 5.78 Å². The Balaban J connectivity index is 1.74. The molecule has 182 valence electrons. The average Bonchev–Trinajstić information content (AvgIpc) is 2.93. The quantitative estimate of drug-likeness (QED) is 0.448. The first-order valence-corrected chi connectivity index (χ1v) is 10.9. The van der Waals surface area contributed by atoms with Gasteiger partial charge in [-0.05, 0) is 73.7 Å². The molecule has 3 saturated carbocycles. The van der Waals surface area contributed by atoms with E-state index in [2.05, 4.69) is 0 Å². The van der Waals surface area contributed by atoms with E-state index in [1.165, 1.54) is 6.92 Å². The minimum atomic E-state index is -5.91. The smallest absolute Gasteiger partial charge is 0.383 e. The van der Waals surface area contributed by atoms with Crippen LogP contribution in [0.2, 0.25) is 0 Å². The van der Waals surface area contributed by atoms with Gasteiger partial charge in [-0.3, -0.25) is 4.79 Å². The van der Waals surface area contributed by atoms with E-state index < -0.39 is 58.4 Å². The molecule has 0 unspecified atom stereocenters. The lowest BCUT2D eigenvalue weighted by atomic mass is 9.45. The molecule has 4 aliphatic rings. The third-order valence-corrected chi connectivity index (χ3v) is 9.44. The second-order valence-electron chi connectivity index (χ2n) is 10.5. The number of carbonyl (C=O) groups is 1. The summed E-state index contributed by atoms with van der Waals surface area (Å²) < 4.78 is 110. The molecule has 0 radical (unpaired) electrons. The lowest BCUT2D eigenvalue weighted by Crippen LogP contribution is -2.65. The van der Waals surface area contributed by atoms with Gasteiger partial charge in [0.05, 0.1) is 5.57 Å². The number of alkyl halides is 8. The van der Waals surface area contributed by atoms with Gasteiger partial charge in [-0.2, -0.15) is 35.1 Å². The molecule has 0 spiro atoms. The van der Waals surface area contributed by atoms with Crippen LogP contribution in [0.5, 0.6) is 0 Å². The molecule has 0 aromatic heterocycles. The van der Waals surface area contributed by atoms with Crippen molar-refractivity contribution in [2.75, 3.05) is 0 Å². The van der Waals surface area contributed by atoms with Crippen molar-refractivity contribution in [3.05, 3.63) is 11.1 Å². The number of ketones is 1. The maximum absolute atomic E-state index is 14.5. The van der Waals surface area contributed by atoms with Crippen molar-refractivity contribution in [1.29, 1.82) is 0 Å². The topological polar surface area (TPSA) is 37.3 Å². The van der Waals surface area contributed by atoms with Crippen LogP contribution in [0, 0.1) is 28.6 Å². The highest BCUT2D eigenvalue weighted by atomic mass is 19.4. The molecule has 10 heteroatoms. The number of rotatable bonds is 1. The number of aliphatic hydroxyl groups is 1. The van der Waals surface area contributed by atoms with Crippen LogP contribution < -0.4 is 0 Å². The van der Waals surface area contributed by atoms with Crippen LogP contribution in [0.4, 0.5) is 35.1 Å². The highest BCUT2D eigenvalue weighted by molar-refractivity contribution is 5.98. The SMILES string of the molecule is C[C@]12CCC(=O)C(C(F)(F)F)=C1CC[C@@H]1[C@@H]2CC[C@@]2(C)[C@H]1CC[C@@]2(O)C(F)(F)C(F)(F)F. The first kappa shape index (κ1) is 24.0. The number of allylic oxidation sites excluding steroid dienone is 1. The molecule has 0 aliphatic heterocycles. The monoisotopic (exact) mass is 474 g/mol. The third kappa shape index (κ3) is 2.83. The number of Topliss-reactive ketones (excluding diaryl/α,β-unsaturated/α-hetero) is 1. The maximum Gasteiger partial charge on any atom is 0.456 e. The molecule has 1 N–H and O–H groups in total. The average molecular weight is 474 g/mol. The summed E-state index contributed by atoms with van der Waals surface area (Å²) >= 11 is 0. The molecular weight excluding hydrogens is 448 g/mol. The van der Waals surface area contributed by atoms with E-state index in [9.17, 15) is 45.0 Å². The summed E-state index contributed by atoms with van der Waals surface area (Å²) in [7, 11) is 0. The predicted octanol–water partition coefficient (Wildman–Crippen LogP) is 6.38. The first-order valence-electron chi connectivity index (χ1n) is 10.9. The van der Waals surface area contributed by atoms with Crippen molar-refractivity contribution in [2.45, 2.75) is 89.1 Å². The molecule has 0 bridgehead atoms. The molecule has 4 aliphatic carbocycles. The van der Waals surface area contributed by atoms with Crippen LogP contribution in [-0.2, 0) is 4.79 Å². The van der Waals surface area contributed by atoms with Crippen molar-refractivity contribution >= 4 is 5.78 Å². The molecule has 0 aromatic rings. The van der Waals surface area contributed by atoms with E-state index in [-0.39, 0.29) is 62.4 Å². The summed E-state index contributed by atoms with van der Waals surface area (Å²) in [6, 6.07) is 0. The van der Waals surface area contributed by atoms with E-state index in [0.29, 0.717) is 0 Å². The van der Waals surface area contributed by atoms with Gasteiger partial charge in [0, 0.05) is 11.8 Å². The van der Waals surface area contributed by atoms with Gasteiger partial charge >= 0.3 is 18.3 Å². The van der Waals surface area contributed by atoms with Crippen LogP contribution in [0.1, 0.15) is 65.2 Å². The van der Waals surface area contributed by atoms with Crippen molar-refractivity contribution < 1.29 is 45.0 Å². The summed E-state index contributed by atoms with van der Waals surface area (Å²) in [4.78, 5) is 12.1. The number of hydrogen-bond donors (Lipinski definition) is 1. The lowest BCUT2D eigenvalue weighted by molar-refractivity contribution is -0.363. The summed E-state index contributed by atoms with van der Waals surface area (Å²) in [5.41, 5.74) is -6.98. The highest BCUT2D eigenvalue weighted by Gasteiger charge is 2.79. The molecule has 2 nitrogen and oxygen atoms in total. The highest BCUT2D eigenvalue weighted by Crippen LogP contribution is 2.71. The van der Waals surface area contributed by atoms with Gasteiger partial charge in [0.25, 0.3) is 0 Å². The Morgan fingerprint density at radius 1 is 0.844 bits per heavy atom. The minimum Gasteiger partial charge on any atom is -0.383 e. The van der Waals surface area contributed by atoms with Crippen LogP contribution in [0.15, 0.2) is 11.1 Å². The zero-order chi connectivity index (χ0) is 24.1. The minimum absolute atomic E-state index is 0.0416. The Morgan fingerprint density at radius 2 is 1.44 bits per heavy atom. The van der Waals surface area contributed by atoms with E-state index in [4.69, 9.17) is 0 Å². The normalized spacial score (nSPS) is 43.1. The molecule has 6 atom stereocenters. The van der Waals surface area contributed by atoms with Crippen molar-refractivity contribution in [3.63, 3.8) is 0 Å². The Morgan fingerprint density at radius 3 is 2.00 bits per heavy atom. The maximum atomic E-state index is 14.5. The summed E-state index contributed by atoms with van der Waals surface area (Å²) in [6.45, 7) is 2.95. The van der Waals surface area contributed by atoms with E-state index >= 15 is 0 Å². The zero-order valence-electron chi connectivity index (χ0n) is 17.8. The number of halogens is 8. The molecule has 0 aromatic carbocycles. The molecule has 0 heterocycles. The summed E-state index contributed by atoms with van der Waals surface area (Å²) in [6.07, 6.45) is -11.4. The van der Waals surface area contributed by atoms with Gasteiger partial charge in [-0.1, -0.05) is 13.8 Å². The van der Waals surface area contributed by atoms with Crippen molar-refractivity contribution in [3.8, 4) is 0 Å². The summed E-state index contributed by atoms with van der Waals surface area (Å²) in [5.74, 6) is -7.64. The Kier molecular flexibility index (Phi) is 5.01. The van der Waals surface area contributed by atoms with Gasteiger partial charge in [0.1, 0.15) is 5.60 Å². The van der Waals surface area contributed by atoms with E-state index in [1.807, 2.05) is 0 Å². The van der Waals surface area contributed by atoms with Gasteiger partial charge < -0.3 is 5.11 Å². The fraction of sp³-hybridized carbons (Fsp3) is 0.864. The number of hydrogen-bond acceptors (Lipinski definition) is 2. The summed E-state index contributed by atoms with van der Waals surface area (Å²) in [5, 5.41) is 10.8. The van der Waals surface area contributed by atoms with Crippen molar-refractivity contribution in [1.82, 2.24) is 0 Å². The lowest BCUT2D eigenvalue weighted by Gasteiger charge is -2.60. The van der Waals surface area contributed by atoms with Crippen molar-refractivity contribution in [2.24, 2.45) is 28.6 Å². The second-order valence-corrected chi connectivity index (χ2v) is 10.5. The third-order valence-electron chi connectivity index (χ3n) is 9.44. The fourth-order valence-corrected chi connectivity index (χ4v) is 7.81. The molecular formula is C22H26F8O2. The molecule has 4 rings (SSSR count). The predicted molar refractivity (Wildman–Crippen MR) is 97.7 cm³/mol. The molecule has 3 fully saturated rings. The Hall–Kier alpha value is -1.19. The van der Waals surface area contributed by atoms with E-state index in [0.717, 1.165) is 0 Å². The van der Waals surface area contributed by atoms with Gasteiger partial charge in [-0.15, -0.1) is 0 Å². The Labute approximate surface area is 180 Å². The molecule has 0 amide bonds.